The summed E-state index contributed by atoms with van der Waals surface area (Å²) in [6, 6.07) is 54.3. The minimum Gasteiger partial charge on any atom is -0.246 e. The topological polar surface area (TPSA) is 32.3 Å². The molecule has 0 saturated heterocycles. The van der Waals surface area contributed by atoms with Crippen LogP contribution in [0.5, 0.6) is 0 Å². The van der Waals surface area contributed by atoms with Gasteiger partial charge in [-0.15, -0.1) is 11.3 Å². The summed E-state index contributed by atoms with van der Waals surface area (Å²) in [5, 5.41) is 11.3. The molecule has 1 aliphatic heterocycles. The SMILES string of the molecule is [2H]c1cc2ccccc2c2c1N(c1ccccc1)N(c1nc(-c3ccccc3)c3ccccc3n1)c1c-2c2cccc([2H])c2c2c1sc1ccccc12. The highest BCUT2D eigenvalue weighted by molar-refractivity contribution is 7.26. The van der Waals surface area contributed by atoms with Crippen molar-refractivity contribution < 1.29 is 2.74 Å². The molecule has 4 nitrogen and oxygen atoms in total. The molecule has 238 valence electrons. The van der Waals surface area contributed by atoms with Crippen molar-refractivity contribution in [1.29, 1.82) is 0 Å². The van der Waals surface area contributed by atoms with Gasteiger partial charge in [0.05, 0.1) is 35.7 Å². The van der Waals surface area contributed by atoms with Crippen LogP contribution in [-0.4, -0.2) is 9.97 Å². The normalized spacial score (nSPS) is 13.2. The number of aromatic nitrogens is 2. The van der Waals surface area contributed by atoms with E-state index in [0.29, 0.717) is 18.0 Å². The van der Waals surface area contributed by atoms with Crippen LogP contribution >= 0.6 is 11.3 Å². The zero-order valence-corrected chi connectivity index (χ0v) is 28.0. The fourth-order valence-corrected chi connectivity index (χ4v) is 9.05. The highest BCUT2D eigenvalue weighted by Gasteiger charge is 2.38. The lowest BCUT2D eigenvalue weighted by atomic mass is 9.87. The molecule has 11 rings (SSSR count). The number of hydrogen-bond acceptors (Lipinski definition) is 5. The van der Waals surface area contributed by atoms with Gasteiger partial charge < -0.3 is 0 Å². The zero-order valence-electron chi connectivity index (χ0n) is 29.2. The van der Waals surface area contributed by atoms with Crippen molar-refractivity contribution in [3.8, 4) is 22.4 Å². The van der Waals surface area contributed by atoms with Crippen molar-refractivity contribution in [2.75, 3.05) is 10.0 Å². The van der Waals surface area contributed by atoms with Crippen molar-refractivity contribution in [3.63, 3.8) is 0 Å². The first-order valence-corrected chi connectivity index (χ1v) is 17.8. The van der Waals surface area contributed by atoms with Gasteiger partial charge in [-0.3, -0.25) is 0 Å². The third kappa shape index (κ3) is 4.13. The van der Waals surface area contributed by atoms with Crippen LogP contribution in [0.4, 0.5) is 23.0 Å². The lowest BCUT2D eigenvalue weighted by molar-refractivity contribution is 0.933. The number of hydrazine groups is 1. The van der Waals surface area contributed by atoms with Crippen molar-refractivity contribution >= 4 is 87.0 Å². The van der Waals surface area contributed by atoms with Crippen LogP contribution in [0.1, 0.15) is 2.74 Å². The van der Waals surface area contributed by atoms with Crippen LogP contribution in [0.3, 0.4) is 0 Å². The average molecular weight is 671 g/mol. The molecule has 0 unspecified atom stereocenters. The summed E-state index contributed by atoms with van der Waals surface area (Å²) in [6.45, 7) is 0. The van der Waals surface area contributed by atoms with Crippen molar-refractivity contribution in [1.82, 2.24) is 9.97 Å². The summed E-state index contributed by atoms with van der Waals surface area (Å²) in [7, 11) is 0. The molecule has 10 aromatic rings. The Balaban J connectivity index is 1.40. The molecule has 0 aliphatic carbocycles. The van der Waals surface area contributed by atoms with Gasteiger partial charge in [-0.1, -0.05) is 140 Å². The van der Waals surface area contributed by atoms with Crippen molar-refractivity contribution in [2.45, 2.75) is 0 Å². The van der Waals surface area contributed by atoms with Gasteiger partial charge in [0.1, 0.15) is 0 Å². The van der Waals surface area contributed by atoms with Gasteiger partial charge in [0.15, 0.2) is 0 Å². The van der Waals surface area contributed by atoms with E-state index in [2.05, 4.69) is 88.9 Å². The Morgan fingerprint density at radius 2 is 1.20 bits per heavy atom. The first-order chi connectivity index (χ1) is 26.2. The van der Waals surface area contributed by atoms with Gasteiger partial charge in [0.2, 0.25) is 0 Å². The van der Waals surface area contributed by atoms with Gasteiger partial charge in [-0.25, -0.2) is 20.0 Å². The number of fused-ring (bicyclic) bond motifs is 13. The lowest BCUT2D eigenvalue weighted by Crippen LogP contribution is -2.40. The first-order valence-electron chi connectivity index (χ1n) is 18.0. The van der Waals surface area contributed by atoms with E-state index in [1.807, 2.05) is 78.9 Å². The number of nitrogens with zero attached hydrogens (tertiary/aromatic N) is 4. The van der Waals surface area contributed by atoms with Crippen LogP contribution in [0.15, 0.2) is 170 Å². The van der Waals surface area contributed by atoms with E-state index in [0.717, 1.165) is 92.1 Å². The summed E-state index contributed by atoms with van der Waals surface area (Å²) < 4.78 is 21.3. The third-order valence-electron chi connectivity index (χ3n) is 9.96. The lowest BCUT2D eigenvalue weighted by Gasteiger charge is -2.43. The average Bonchev–Trinajstić information content (AvgIpc) is 3.60. The molecule has 0 N–H and O–H groups in total. The smallest absolute Gasteiger partial charge is 0.246 e. The van der Waals surface area contributed by atoms with Gasteiger partial charge in [-0.05, 0) is 51.9 Å². The summed E-state index contributed by atoms with van der Waals surface area (Å²) in [6.07, 6.45) is 0. The van der Waals surface area contributed by atoms with Crippen LogP contribution in [0.2, 0.25) is 0 Å². The molecule has 5 heteroatoms. The molecule has 3 heterocycles. The Bertz CT molecular complexity index is 3110. The number of benzene rings is 8. The molecular weight excluding hydrogens is 641 g/mol. The standard InChI is InChI=1S/C46H28N4S/c1-3-16-30(17-4-1)43-35-23-11-13-25-37(35)47-46(48-43)50-44-42(34-22-10-9-21-33(34)40-36-24-12-14-26-39(36)51-45(40)44)41-32-20-8-7-15-29(32)27-28-38(41)49(50)31-18-5-2-6-19-31/h1-28H/i21D,28D. The summed E-state index contributed by atoms with van der Waals surface area (Å²) in [5.41, 5.74) is 7.12. The second-order valence-electron chi connectivity index (χ2n) is 12.8. The number of rotatable bonds is 3. The second kappa shape index (κ2) is 11.0. The van der Waals surface area contributed by atoms with Crippen LogP contribution in [0.25, 0.3) is 75.0 Å². The minimum atomic E-state index is 0.383. The maximum Gasteiger partial charge on any atom is 0.251 e. The second-order valence-corrected chi connectivity index (χ2v) is 13.9. The predicted octanol–water partition coefficient (Wildman–Crippen LogP) is 12.8. The Morgan fingerprint density at radius 3 is 2.06 bits per heavy atom. The molecule has 0 radical (unpaired) electrons. The third-order valence-corrected chi connectivity index (χ3v) is 11.1. The molecular formula is C46H28N4S. The Labute approximate surface area is 300 Å². The van der Waals surface area contributed by atoms with Crippen LogP contribution in [-0.2, 0) is 0 Å². The highest BCUT2D eigenvalue weighted by Crippen LogP contribution is 2.58. The summed E-state index contributed by atoms with van der Waals surface area (Å²) >= 11 is 1.73. The van der Waals surface area contributed by atoms with Gasteiger partial charge in [0.25, 0.3) is 5.95 Å². The van der Waals surface area contributed by atoms with E-state index in [1.165, 1.54) is 0 Å². The van der Waals surface area contributed by atoms with E-state index >= 15 is 0 Å². The zero-order chi connectivity index (χ0) is 35.2. The van der Waals surface area contributed by atoms with E-state index in [1.54, 1.807) is 11.3 Å². The van der Waals surface area contributed by atoms with E-state index < -0.39 is 0 Å². The largest absolute Gasteiger partial charge is 0.251 e. The molecule has 51 heavy (non-hydrogen) atoms. The quantitative estimate of drug-likeness (QED) is 0.187. The molecule has 0 atom stereocenters. The molecule has 0 bridgehead atoms. The van der Waals surface area contributed by atoms with Crippen LogP contribution in [0, 0.1) is 0 Å². The number of hydrogen-bond donors (Lipinski definition) is 0. The Morgan fingerprint density at radius 1 is 0.510 bits per heavy atom. The fourth-order valence-electron chi connectivity index (χ4n) is 7.80. The minimum absolute atomic E-state index is 0.383. The first kappa shape index (κ1) is 26.3. The fraction of sp³-hybridized carbons (Fsp3) is 0. The van der Waals surface area contributed by atoms with Crippen molar-refractivity contribution in [2.24, 2.45) is 0 Å². The van der Waals surface area contributed by atoms with Crippen LogP contribution < -0.4 is 10.0 Å². The molecule has 0 fully saturated rings. The van der Waals surface area contributed by atoms with Gasteiger partial charge in [0, 0.05) is 37.5 Å². The van der Waals surface area contributed by atoms with E-state index in [9.17, 15) is 2.74 Å². The predicted molar refractivity (Wildman–Crippen MR) is 215 cm³/mol. The number of anilines is 4. The number of para-hydroxylation sites is 2. The van der Waals surface area contributed by atoms with E-state index in [4.69, 9.17) is 9.97 Å². The molecule has 2 aromatic heterocycles. The van der Waals surface area contributed by atoms with Gasteiger partial charge in [-0.2, -0.15) is 0 Å². The van der Waals surface area contributed by atoms with Crippen molar-refractivity contribution in [3.05, 3.63) is 170 Å². The summed E-state index contributed by atoms with van der Waals surface area (Å²) in [5.74, 6) is 0.492. The van der Waals surface area contributed by atoms with Gasteiger partial charge >= 0.3 is 0 Å². The summed E-state index contributed by atoms with van der Waals surface area (Å²) in [4.78, 5) is 10.8. The maximum atomic E-state index is 9.77. The molecule has 1 aliphatic rings. The monoisotopic (exact) mass is 670 g/mol. The van der Waals surface area contributed by atoms with E-state index in [-0.39, 0.29) is 0 Å². The molecule has 0 amide bonds. The Hall–Kier alpha value is -6.56. The Kier molecular flexibility index (Phi) is 5.66. The molecule has 0 saturated carbocycles. The molecule has 0 spiro atoms. The maximum absolute atomic E-state index is 9.77. The number of thiophene rings is 1. The highest BCUT2D eigenvalue weighted by atomic mass is 32.1. The molecule has 8 aromatic carbocycles.